The van der Waals surface area contributed by atoms with Gasteiger partial charge in [-0.2, -0.15) is 0 Å². The van der Waals surface area contributed by atoms with Crippen molar-refractivity contribution >= 4 is 17.7 Å². The molecule has 3 rings (SSSR count). The molecule has 9 heteroatoms. The Morgan fingerprint density at radius 1 is 1.19 bits per heavy atom. The molecule has 1 heterocycles. The zero-order valence-electron chi connectivity index (χ0n) is 14.4. The van der Waals surface area contributed by atoms with Crippen molar-refractivity contribution in [3.63, 3.8) is 0 Å². The van der Waals surface area contributed by atoms with Crippen LogP contribution in [0.2, 0.25) is 0 Å². The van der Waals surface area contributed by atoms with E-state index in [-0.39, 0.29) is 40.1 Å². The molecule has 1 aromatic heterocycles. The van der Waals surface area contributed by atoms with Crippen molar-refractivity contribution in [3.05, 3.63) is 65.7 Å². The maximum atomic E-state index is 13.9. The van der Waals surface area contributed by atoms with Crippen LogP contribution in [-0.2, 0) is 4.79 Å². The fraction of sp³-hybridized carbons (Fsp3) is 0.167. The van der Waals surface area contributed by atoms with E-state index >= 15 is 0 Å². The summed E-state index contributed by atoms with van der Waals surface area (Å²) >= 11 is 1.09. The molecule has 27 heavy (non-hydrogen) atoms. The van der Waals surface area contributed by atoms with Gasteiger partial charge >= 0.3 is 0 Å². The minimum Gasteiger partial charge on any atom is -0.349 e. The Bertz CT molecular complexity index is 945. The molecule has 0 saturated carbocycles. The van der Waals surface area contributed by atoms with Gasteiger partial charge in [-0.05, 0) is 36.8 Å². The SMILES string of the molecule is CC(NC(=O)CSc1nnc(-c2ccccc2F)n1N)c1ccc(F)cc1. The number of hydrogen-bond acceptors (Lipinski definition) is 5. The zero-order valence-corrected chi connectivity index (χ0v) is 15.2. The number of nitrogens with zero attached hydrogens (tertiary/aromatic N) is 3. The van der Waals surface area contributed by atoms with Gasteiger partial charge in [0.2, 0.25) is 11.1 Å². The van der Waals surface area contributed by atoms with Crippen molar-refractivity contribution in [2.45, 2.75) is 18.1 Å². The first-order valence-electron chi connectivity index (χ1n) is 8.08. The maximum Gasteiger partial charge on any atom is 0.230 e. The van der Waals surface area contributed by atoms with E-state index in [1.54, 1.807) is 37.3 Å². The molecule has 1 unspecified atom stereocenters. The van der Waals surface area contributed by atoms with Crippen LogP contribution in [-0.4, -0.2) is 26.5 Å². The Hall–Kier alpha value is -2.94. The molecule has 6 nitrogen and oxygen atoms in total. The van der Waals surface area contributed by atoms with E-state index < -0.39 is 5.82 Å². The molecular weight excluding hydrogens is 372 g/mol. The summed E-state index contributed by atoms with van der Waals surface area (Å²) in [5.41, 5.74) is 1.02. The topological polar surface area (TPSA) is 85.8 Å². The lowest BCUT2D eigenvalue weighted by Crippen LogP contribution is -2.28. The highest BCUT2D eigenvalue weighted by atomic mass is 32.2. The largest absolute Gasteiger partial charge is 0.349 e. The molecule has 0 aliphatic heterocycles. The number of amides is 1. The van der Waals surface area contributed by atoms with E-state index in [9.17, 15) is 13.6 Å². The Balaban J connectivity index is 1.61. The average Bonchev–Trinajstić information content (AvgIpc) is 3.01. The predicted molar refractivity (Wildman–Crippen MR) is 99.2 cm³/mol. The second-order valence-corrected chi connectivity index (χ2v) is 6.73. The molecule has 140 valence electrons. The summed E-state index contributed by atoms with van der Waals surface area (Å²) in [5, 5.41) is 10.9. The van der Waals surface area contributed by atoms with Gasteiger partial charge in [-0.3, -0.25) is 4.79 Å². The van der Waals surface area contributed by atoms with E-state index in [0.717, 1.165) is 22.0 Å². The Kier molecular flexibility index (Phi) is 5.70. The van der Waals surface area contributed by atoms with Gasteiger partial charge < -0.3 is 11.2 Å². The third kappa shape index (κ3) is 4.43. The summed E-state index contributed by atoms with van der Waals surface area (Å²) in [6.45, 7) is 1.80. The standard InChI is InChI=1S/C18H17F2N5OS/c1-11(12-6-8-13(19)9-7-12)22-16(26)10-27-18-24-23-17(25(18)21)14-4-2-3-5-15(14)20/h2-9,11H,10,21H2,1H3,(H,22,26). The van der Waals surface area contributed by atoms with Crippen molar-refractivity contribution in [2.75, 3.05) is 11.6 Å². The fourth-order valence-electron chi connectivity index (χ4n) is 2.45. The number of benzene rings is 2. The lowest BCUT2D eigenvalue weighted by molar-refractivity contribution is -0.119. The van der Waals surface area contributed by atoms with Crippen LogP contribution in [0.3, 0.4) is 0 Å². The highest BCUT2D eigenvalue weighted by Crippen LogP contribution is 2.23. The molecule has 0 fully saturated rings. The lowest BCUT2D eigenvalue weighted by atomic mass is 10.1. The average molecular weight is 389 g/mol. The van der Waals surface area contributed by atoms with Crippen LogP contribution in [0, 0.1) is 11.6 Å². The number of nitrogen functional groups attached to an aromatic ring is 1. The van der Waals surface area contributed by atoms with Crippen LogP contribution in [0.25, 0.3) is 11.4 Å². The van der Waals surface area contributed by atoms with Crippen LogP contribution in [0.15, 0.2) is 53.7 Å². The van der Waals surface area contributed by atoms with Crippen LogP contribution in [0.4, 0.5) is 8.78 Å². The molecule has 0 aliphatic rings. The summed E-state index contributed by atoms with van der Waals surface area (Å²) in [6.07, 6.45) is 0. The van der Waals surface area contributed by atoms with E-state index in [0.29, 0.717) is 0 Å². The fourth-order valence-corrected chi connectivity index (χ4v) is 3.12. The van der Waals surface area contributed by atoms with Crippen LogP contribution in [0.5, 0.6) is 0 Å². The highest BCUT2D eigenvalue weighted by Gasteiger charge is 2.17. The Labute approximate surface area is 158 Å². The van der Waals surface area contributed by atoms with Gasteiger partial charge in [0.1, 0.15) is 11.6 Å². The first-order valence-corrected chi connectivity index (χ1v) is 9.07. The predicted octanol–water partition coefficient (Wildman–Crippen LogP) is 2.91. The second kappa shape index (κ2) is 8.17. The van der Waals surface area contributed by atoms with Gasteiger partial charge in [-0.25, -0.2) is 13.5 Å². The molecule has 2 aromatic carbocycles. The van der Waals surface area contributed by atoms with E-state index in [1.807, 2.05) is 0 Å². The quantitative estimate of drug-likeness (QED) is 0.500. The van der Waals surface area contributed by atoms with Gasteiger partial charge in [-0.1, -0.05) is 36.0 Å². The van der Waals surface area contributed by atoms with Crippen LogP contribution in [0.1, 0.15) is 18.5 Å². The second-order valence-electron chi connectivity index (χ2n) is 5.79. The third-order valence-corrected chi connectivity index (χ3v) is 4.80. The van der Waals surface area contributed by atoms with Crippen molar-refractivity contribution in [1.29, 1.82) is 0 Å². The normalized spacial score (nSPS) is 12.0. The molecule has 3 aromatic rings. The van der Waals surface area contributed by atoms with Crippen molar-refractivity contribution < 1.29 is 13.6 Å². The van der Waals surface area contributed by atoms with Crippen molar-refractivity contribution in [2.24, 2.45) is 0 Å². The van der Waals surface area contributed by atoms with E-state index in [2.05, 4.69) is 15.5 Å². The summed E-state index contributed by atoms with van der Waals surface area (Å²) in [5.74, 6) is 5.13. The molecule has 1 amide bonds. The van der Waals surface area contributed by atoms with Gasteiger partial charge in [0.15, 0.2) is 5.82 Å². The zero-order chi connectivity index (χ0) is 19.4. The highest BCUT2D eigenvalue weighted by molar-refractivity contribution is 7.99. The monoisotopic (exact) mass is 389 g/mol. The van der Waals surface area contributed by atoms with Crippen molar-refractivity contribution in [1.82, 2.24) is 20.2 Å². The number of nitrogens with two attached hydrogens (primary N) is 1. The number of halogens is 2. The summed E-state index contributed by atoms with van der Waals surface area (Å²) in [7, 11) is 0. The Morgan fingerprint density at radius 3 is 2.59 bits per heavy atom. The smallest absolute Gasteiger partial charge is 0.230 e. The maximum absolute atomic E-state index is 13.9. The molecule has 0 spiro atoms. The van der Waals surface area contributed by atoms with Gasteiger partial charge in [0.25, 0.3) is 0 Å². The van der Waals surface area contributed by atoms with E-state index in [4.69, 9.17) is 5.84 Å². The lowest BCUT2D eigenvalue weighted by Gasteiger charge is -2.14. The van der Waals surface area contributed by atoms with E-state index in [1.165, 1.54) is 18.2 Å². The Morgan fingerprint density at radius 2 is 1.89 bits per heavy atom. The first kappa shape index (κ1) is 18.8. The van der Waals surface area contributed by atoms with Gasteiger partial charge in [0, 0.05) is 0 Å². The molecule has 0 radical (unpaired) electrons. The third-order valence-electron chi connectivity index (χ3n) is 3.86. The number of hydrogen-bond donors (Lipinski definition) is 2. The number of carbonyl (C=O) groups is 1. The van der Waals surface area contributed by atoms with Gasteiger partial charge in [-0.15, -0.1) is 10.2 Å². The molecule has 0 aliphatic carbocycles. The number of aromatic nitrogens is 3. The number of thioether (sulfide) groups is 1. The van der Waals surface area contributed by atoms with Crippen molar-refractivity contribution in [3.8, 4) is 11.4 Å². The first-order chi connectivity index (χ1) is 13.0. The minimum atomic E-state index is -0.459. The molecule has 0 bridgehead atoms. The summed E-state index contributed by atoms with van der Waals surface area (Å²) < 4.78 is 28.0. The summed E-state index contributed by atoms with van der Waals surface area (Å²) in [6, 6.07) is 11.7. The molecule has 0 saturated heterocycles. The molecular formula is C18H17F2N5OS. The minimum absolute atomic E-state index is 0.0537. The number of carbonyl (C=O) groups excluding carboxylic acids is 1. The van der Waals surface area contributed by atoms with Crippen LogP contribution < -0.4 is 11.2 Å². The number of rotatable bonds is 6. The summed E-state index contributed by atoms with van der Waals surface area (Å²) in [4.78, 5) is 12.1. The molecule has 1 atom stereocenters. The molecule has 3 N–H and O–H groups in total. The van der Waals surface area contributed by atoms with Gasteiger partial charge in [0.05, 0.1) is 17.4 Å². The van der Waals surface area contributed by atoms with Crippen LogP contribution >= 0.6 is 11.8 Å². The number of nitrogens with one attached hydrogen (secondary N) is 1.